The van der Waals surface area contributed by atoms with Crippen molar-refractivity contribution >= 4 is 23.1 Å². The number of aliphatic hydroxyl groups is 2. The zero-order chi connectivity index (χ0) is 22.5. The number of non-ortho nitro benzene ring substituents is 1. The lowest BCUT2D eigenvalue weighted by molar-refractivity contribution is -0.384. The molecule has 2 aromatic rings. The quantitative estimate of drug-likeness (QED) is 0.165. The normalized spacial score (nSPS) is 17.9. The summed E-state index contributed by atoms with van der Waals surface area (Å²) in [7, 11) is 0. The van der Waals surface area contributed by atoms with Gasteiger partial charge >= 0.3 is 0 Å². The zero-order valence-electron chi connectivity index (χ0n) is 16.9. The minimum Gasteiger partial charge on any atom is -0.507 e. The number of nitro groups is 1. The molecule has 1 heterocycles. The smallest absolute Gasteiger partial charge is 0.295 e. The number of carbonyl (C=O) groups is 2. The first kappa shape index (κ1) is 22.1. The highest BCUT2D eigenvalue weighted by molar-refractivity contribution is 6.46. The van der Waals surface area contributed by atoms with Crippen molar-refractivity contribution in [1.82, 2.24) is 4.90 Å². The average Bonchev–Trinajstić information content (AvgIpc) is 3.01. The van der Waals surface area contributed by atoms with Gasteiger partial charge in [0.05, 0.1) is 36.4 Å². The van der Waals surface area contributed by atoms with Crippen molar-refractivity contribution in [3.8, 4) is 0 Å². The summed E-state index contributed by atoms with van der Waals surface area (Å²) in [4.78, 5) is 37.2. The highest BCUT2D eigenvalue weighted by atomic mass is 16.6. The van der Waals surface area contributed by atoms with Crippen molar-refractivity contribution in [1.29, 1.82) is 0 Å². The largest absolute Gasteiger partial charge is 0.507 e. The molecule has 31 heavy (non-hydrogen) atoms. The van der Waals surface area contributed by atoms with Crippen LogP contribution in [-0.4, -0.2) is 58.1 Å². The summed E-state index contributed by atoms with van der Waals surface area (Å²) >= 11 is 0. The first-order valence-corrected chi connectivity index (χ1v) is 9.63. The van der Waals surface area contributed by atoms with Gasteiger partial charge in [-0.2, -0.15) is 0 Å². The van der Waals surface area contributed by atoms with E-state index in [-0.39, 0.29) is 43.2 Å². The molecule has 162 valence electrons. The van der Waals surface area contributed by atoms with Crippen LogP contribution in [0.1, 0.15) is 22.7 Å². The molecule has 0 spiro atoms. The second-order valence-corrected chi connectivity index (χ2v) is 7.04. The molecule has 1 aliphatic rings. The van der Waals surface area contributed by atoms with Gasteiger partial charge in [-0.1, -0.05) is 29.8 Å². The van der Waals surface area contributed by atoms with Crippen LogP contribution < -0.4 is 0 Å². The lowest BCUT2D eigenvalue weighted by Gasteiger charge is -2.25. The van der Waals surface area contributed by atoms with Gasteiger partial charge in [0.25, 0.3) is 17.4 Å². The van der Waals surface area contributed by atoms with Gasteiger partial charge < -0.3 is 19.8 Å². The van der Waals surface area contributed by atoms with Crippen molar-refractivity contribution in [2.75, 3.05) is 26.4 Å². The van der Waals surface area contributed by atoms with Gasteiger partial charge in [-0.05, 0) is 24.6 Å². The minimum atomic E-state index is -0.844. The fraction of sp³-hybridized carbons (Fsp3) is 0.273. The number of carbonyl (C=O) groups excluding carboxylic acids is 2. The maximum atomic E-state index is 12.8. The molecular weight excluding hydrogens is 404 g/mol. The minimum absolute atomic E-state index is 0.0835. The van der Waals surface area contributed by atoms with Crippen molar-refractivity contribution < 1.29 is 29.5 Å². The van der Waals surface area contributed by atoms with Gasteiger partial charge in [-0.3, -0.25) is 19.7 Å². The highest BCUT2D eigenvalue weighted by Crippen LogP contribution is 2.39. The number of hydrogen-bond acceptors (Lipinski definition) is 7. The Morgan fingerprint density at radius 2 is 1.74 bits per heavy atom. The Balaban J connectivity index is 2.05. The van der Waals surface area contributed by atoms with Crippen LogP contribution in [-0.2, 0) is 14.3 Å². The molecule has 2 aromatic carbocycles. The number of nitro benzene ring substituents is 1. The first-order valence-electron chi connectivity index (χ1n) is 9.63. The van der Waals surface area contributed by atoms with E-state index in [2.05, 4.69) is 0 Å². The van der Waals surface area contributed by atoms with Gasteiger partial charge in [0, 0.05) is 24.2 Å². The molecule has 9 heteroatoms. The van der Waals surface area contributed by atoms with E-state index in [9.17, 15) is 24.8 Å². The summed E-state index contributed by atoms with van der Waals surface area (Å²) in [6.45, 7) is 2.02. The molecule has 0 radical (unpaired) electrons. The molecule has 2 N–H and O–H groups in total. The molecule has 1 aliphatic heterocycles. The molecule has 1 atom stereocenters. The maximum absolute atomic E-state index is 12.8. The van der Waals surface area contributed by atoms with Crippen LogP contribution in [0.4, 0.5) is 5.69 Å². The standard InChI is InChI=1S/C22H22N2O7/c1-14-2-4-15(5-3-14)19-18(20(26)16-6-8-17(9-7-16)24(29)30)21(27)22(28)23(19)10-12-31-13-11-25/h2-9,19,25-26H,10-13H2,1H3/b20-18-. The molecule has 3 rings (SSSR count). The van der Waals surface area contributed by atoms with Gasteiger partial charge in [0.15, 0.2) is 0 Å². The Morgan fingerprint density at radius 1 is 1.10 bits per heavy atom. The number of hydrogen-bond donors (Lipinski definition) is 2. The maximum Gasteiger partial charge on any atom is 0.295 e. The zero-order valence-corrected chi connectivity index (χ0v) is 16.9. The Hall–Kier alpha value is -3.56. The van der Waals surface area contributed by atoms with Crippen LogP contribution in [0.15, 0.2) is 54.1 Å². The fourth-order valence-electron chi connectivity index (χ4n) is 3.43. The van der Waals surface area contributed by atoms with Crippen molar-refractivity contribution in [2.45, 2.75) is 13.0 Å². The Kier molecular flexibility index (Phi) is 6.78. The van der Waals surface area contributed by atoms with Crippen LogP contribution in [0, 0.1) is 17.0 Å². The Bertz CT molecular complexity index is 1010. The molecule has 1 unspecified atom stereocenters. The van der Waals surface area contributed by atoms with E-state index in [0.717, 1.165) is 5.56 Å². The number of benzene rings is 2. The number of ketones is 1. The molecule has 1 saturated heterocycles. The molecule has 0 aliphatic carbocycles. The molecule has 9 nitrogen and oxygen atoms in total. The van der Waals surface area contributed by atoms with Gasteiger partial charge in [0.2, 0.25) is 0 Å². The van der Waals surface area contributed by atoms with E-state index in [0.29, 0.717) is 5.56 Å². The number of rotatable bonds is 8. The predicted molar refractivity (Wildman–Crippen MR) is 111 cm³/mol. The molecule has 0 saturated carbocycles. The second-order valence-electron chi connectivity index (χ2n) is 7.04. The lowest BCUT2D eigenvalue weighted by Crippen LogP contribution is -2.33. The van der Waals surface area contributed by atoms with Crippen LogP contribution in [0.25, 0.3) is 5.76 Å². The van der Waals surface area contributed by atoms with Crippen LogP contribution in [0.3, 0.4) is 0 Å². The summed E-state index contributed by atoms with van der Waals surface area (Å²) in [6.07, 6.45) is 0. The van der Waals surface area contributed by atoms with E-state index in [1.807, 2.05) is 19.1 Å². The predicted octanol–water partition coefficient (Wildman–Crippen LogP) is 2.33. The number of amides is 1. The van der Waals surface area contributed by atoms with Crippen molar-refractivity contribution in [2.24, 2.45) is 0 Å². The fourth-order valence-corrected chi connectivity index (χ4v) is 3.43. The van der Waals surface area contributed by atoms with Gasteiger partial charge in [-0.25, -0.2) is 0 Å². The third-order valence-corrected chi connectivity index (χ3v) is 5.00. The van der Waals surface area contributed by atoms with Crippen molar-refractivity contribution in [3.05, 3.63) is 80.9 Å². The highest BCUT2D eigenvalue weighted by Gasteiger charge is 2.45. The van der Waals surface area contributed by atoms with Crippen LogP contribution in [0.5, 0.6) is 0 Å². The molecule has 1 amide bonds. The van der Waals surface area contributed by atoms with Crippen LogP contribution in [0.2, 0.25) is 0 Å². The third-order valence-electron chi connectivity index (χ3n) is 5.00. The monoisotopic (exact) mass is 426 g/mol. The third kappa shape index (κ3) is 4.62. The number of Topliss-reactive ketones (excluding diaryl/α,β-unsaturated/α-hetero) is 1. The number of nitrogens with zero attached hydrogens (tertiary/aromatic N) is 2. The van der Waals surface area contributed by atoms with Gasteiger partial charge in [0.1, 0.15) is 5.76 Å². The lowest BCUT2D eigenvalue weighted by atomic mass is 9.94. The SMILES string of the molecule is Cc1ccc(C2/C(=C(/O)c3ccc([N+](=O)[O-])cc3)C(=O)C(=O)N2CCOCCO)cc1. The number of likely N-dealkylation sites (tertiary alicyclic amines) is 1. The molecule has 0 bridgehead atoms. The van der Waals surface area contributed by atoms with E-state index < -0.39 is 28.4 Å². The number of aliphatic hydroxyl groups excluding tert-OH is 2. The topological polar surface area (TPSA) is 130 Å². The van der Waals surface area contributed by atoms with E-state index in [4.69, 9.17) is 9.84 Å². The van der Waals surface area contributed by atoms with E-state index in [1.54, 1.807) is 12.1 Å². The molecule has 0 aromatic heterocycles. The second kappa shape index (κ2) is 9.50. The number of ether oxygens (including phenoxy) is 1. The Labute approximate surface area is 178 Å². The number of aryl methyl sites for hydroxylation is 1. The van der Waals surface area contributed by atoms with E-state index in [1.165, 1.54) is 29.2 Å². The van der Waals surface area contributed by atoms with Crippen LogP contribution >= 0.6 is 0 Å². The molecular formula is C22H22N2O7. The van der Waals surface area contributed by atoms with E-state index >= 15 is 0 Å². The summed E-state index contributed by atoms with van der Waals surface area (Å²) in [5.41, 5.74) is 1.56. The summed E-state index contributed by atoms with van der Waals surface area (Å²) in [6, 6.07) is 11.5. The van der Waals surface area contributed by atoms with Crippen molar-refractivity contribution in [3.63, 3.8) is 0 Å². The molecule has 1 fully saturated rings. The summed E-state index contributed by atoms with van der Waals surface area (Å²) < 4.78 is 5.25. The first-order chi connectivity index (χ1) is 14.8. The Morgan fingerprint density at radius 3 is 2.32 bits per heavy atom. The summed E-state index contributed by atoms with van der Waals surface area (Å²) in [5.74, 6) is -2.03. The summed E-state index contributed by atoms with van der Waals surface area (Å²) in [5, 5.41) is 30.6. The average molecular weight is 426 g/mol. The van der Waals surface area contributed by atoms with Gasteiger partial charge in [-0.15, -0.1) is 0 Å².